The van der Waals surface area contributed by atoms with Crippen LogP contribution in [0.2, 0.25) is 0 Å². The van der Waals surface area contributed by atoms with Gasteiger partial charge < -0.3 is 10.3 Å². The SMILES string of the molecule is INc1nc2ccc(CNc3ncn[nH]3)cc2[nH]1. The summed E-state index contributed by atoms with van der Waals surface area (Å²) in [5.74, 6) is 1.42. The second-order valence-corrected chi connectivity index (χ2v) is 4.26. The highest BCUT2D eigenvalue weighted by Crippen LogP contribution is 2.17. The van der Waals surface area contributed by atoms with Crippen molar-refractivity contribution in [3.8, 4) is 0 Å². The Hall–Kier alpha value is -1.84. The monoisotopic (exact) mass is 355 g/mol. The molecule has 0 bridgehead atoms. The third kappa shape index (κ3) is 2.23. The average molecular weight is 355 g/mol. The highest BCUT2D eigenvalue weighted by atomic mass is 127. The van der Waals surface area contributed by atoms with Crippen LogP contribution in [-0.2, 0) is 6.54 Å². The zero-order valence-corrected chi connectivity index (χ0v) is 11.4. The van der Waals surface area contributed by atoms with E-state index in [0.717, 1.165) is 22.5 Å². The molecular weight excluding hydrogens is 345 g/mol. The molecule has 0 amide bonds. The predicted molar refractivity (Wildman–Crippen MR) is 77.4 cm³/mol. The zero-order valence-electron chi connectivity index (χ0n) is 9.24. The van der Waals surface area contributed by atoms with Gasteiger partial charge in [-0.15, -0.1) is 0 Å². The fourth-order valence-corrected chi connectivity index (χ4v) is 1.94. The van der Waals surface area contributed by atoms with Gasteiger partial charge in [0.2, 0.25) is 11.9 Å². The topological polar surface area (TPSA) is 94.3 Å². The maximum Gasteiger partial charge on any atom is 0.218 e. The number of halogens is 1. The summed E-state index contributed by atoms with van der Waals surface area (Å²) in [7, 11) is 0. The van der Waals surface area contributed by atoms with Gasteiger partial charge in [-0.1, -0.05) is 6.07 Å². The van der Waals surface area contributed by atoms with Gasteiger partial charge in [-0.2, -0.15) is 5.10 Å². The van der Waals surface area contributed by atoms with Crippen molar-refractivity contribution < 1.29 is 0 Å². The maximum absolute atomic E-state index is 4.36. The minimum Gasteiger partial charge on any atom is -0.351 e. The molecule has 0 fully saturated rings. The first-order valence-corrected chi connectivity index (χ1v) is 6.37. The van der Waals surface area contributed by atoms with Crippen LogP contribution in [0, 0.1) is 0 Å². The van der Waals surface area contributed by atoms with Crippen LogP contribution in [0.15, 0.2) is 24.5 Å². The van der Waals surface area contributed by atoms with Crippen LogP contribution in [0.3, 0.4) is 0 Å². The summed E-state index contributed by atoms with van der Waals surface area (Å²) in [6.45, 7) is 0.678. The number of aromatic nitrogens is 5. The number of hydrogen-bond acceptors (Lipinski definition) is 5. The van der Waals surface area contributed by atoms with Crippen molar-refractivity contribution in [2.24, 2.45) is 0 Å². The lowest BCUT2D eigenvalue weighted by Gasteiger charge is -2.02. The molecular formula is C10H10IN7. The van der Waals surface area contributed by atoms with Gasteiger partial charge in [0, 0.05) is 6.54 Å². The van der Waals surface area contributed by atoms with Crippen LogP contribution in [0.4, 0.5) is 11.9 Å². The van der Waals surface area contributed by atoms with Gasteiger partial charge in [0.15, 0.2) is 0 Å². The minimum absolute atomic E-state index is 0.661. The molecule has 0 unspecified atom stereocenters. The number of benzene rings is 1. The number of imidazole rings is 1. The van der Waals surface area contributed by atoms with E-state index < -0.39 is 0 Å². The summed E-state index contributed by atoms with van der Waals surface area (Å²) < 4.78 is 2.95. The molecule has 18 heavy (non-hydrogen) atoms. The van der Waals surface area contributed by atoms with E-state index in [1.54, 1.807) is 0 Å². The molecule has 7 nitrogen and oxygen atoms in total. The maximum atomic E-state index is 4.36. The predicted octanol–water partition coefficient (Wildman–Crippen LogP) is 2.05. The van der Waals surface area contributed by atoms with E-state index in [-0.39, 0.29) is 0 Å². The van der Waals surface area contributed by atoms with E-state index in [4.69, 9.17) is 0 Å². The number of H-pyrrole nitrogens is 2. The minimum atomic E-state index is 0.661. The van der Waals surface area contributed by atoms with E-state index >= 15 is 0 Å². The van der Waals surface area contributed by atoms with E-state index in [1.807, 2.05) is 35.0 Å². The normalized spacial score (nSPS) is 10.7. The van der Waals surface area contributed by atoms with Crippen molar-refractivity contribution in [2.75, 3.05) is 8.85 Å². The lowest BCUT2D eigenvalue weighted by Crippen LogP contribution is -2.00. The van der Waals surface area contributed by atoms with Crippen LogP contribution in [0.25, 0.3) is 11.0 Å². The molecule has 0 aliphatic carbocycles. The van der Waals surface area contributed by atoms with Crippen LogP contribution in [0.1, 0.15) is 5.56 Å². The Bertz CT molecular complexity index is 645. The van der Waals surface area contributed by atoms with Crippen LogP contribution in [0.5, 0.6) is 0 Å². The Labute approximate surface area is 116 Å². The summed E-state index contributed by atoms with van der Waals surface area (Å²) in [5, 5.41) is 9.68. The molecule has 8 heteroatoms. The average Bonchev–Trinajstić information content (AvgIpc) is 3.04. The molecule has 0 aliphatic rings. The standard InChI is InChI=1S/C10H10IN7/c11-17-10-15-7-2-1-6(3-8(7)16-10)4-12-9-13-5-14-18-9/h1-3,5H,4H2,(H2,15,16,17)(H2,12,13,14,18). The lowest BCUT2D eigenvalue weighted by atomic mass is 10.2. The van der Waals surface area contributed by atoms with Gasteiger partial charge >= 0.3 is 0 Å². The summed E-state index contributed by atoms with van der Waals surface area (Å²) in [6, 6.07) is 6.08. The number of hydrogen-bond donors (Lipinski definition) is 4. The Morgan fingerprint density at radius 3 is 3.00 bits per heavy atom. The van der Waals surface area contributed by atoms with E-state index in [2.05, 4.69) is 40.1 Å². The molecule has 4 N–H and O–H groups in total. The first-order chi connectivity index (χ1) is 8.85. The Morgan fingerprint density at radius 2 is 2.22 bits per heavy atom. The highest BCUT2D eigenvalue weighted by molar-refractivity contribution is 14.1. The third-order valence-corrected chi connectivity index (χ3v) is 3.02. The van der Waals surface area contributed by atoms with Crippen molar-refractivity contribution >= 4 is 45.8 Å². The Balaban J connectivity index is 1.80. The van der Waals surface area contributed by atoms with Crippen molar-refractivity contribution in [1.82, 2.24) is 25.1 Å². The van der Waals surface area contributed by atoms with E-state index in [0.29, 0.717) is 12.5 Å². The summed E-state index contributed by atoms with van der Waals surface area (Å²) in [6.07, 6.45) is 1.47. The highest BCUT2D eigenvalue weighted by Gasteiger charge is 2.03. The zero-order chi connectivity index (χ0) is 12.4. The molecule has 0 atom stereocenters. The largest absolute Gasteiger partial charge is 0.351 e. The fraction of sp³-hybridized carbons (Fsp3) is 0.100. The van der Waals surface area contributed by atoms with Crippen molar-refractivity contribution in [1.29, 1.82) is 0 Å². The molecule has 0 spiro atoms. The van der Waals surface area contributed by atoms with Gasteiger partial charge in [-0.25, -0.2) is 15.1 Å². The number of aromatic amines is 2. The van der Waals surface area contributed by atoms with Crippen LogP contribution >= 0.6 is 22.9 Å². The van der Waals surface area contributed by atoms with Gasteiger partial charge in [-0.3, -0.25) is 3.53 Å². The number of anilines is 2. The van der Waals surface area contributed by atoms with Crippen molar-refractivity contribution in [3.05, 3.63) is 30.1 Å². The van der Waals surface area contributed by atoms with Crippen molar-refractivity contribution in [2.45, 2.75) is 6.54 Å². The van der Waals surface area contributed by atoms with E-state index in [9.17, 15) is 0 Å². The molecule has 2 heterocycles. The fourth-order valence-electron chi connectivity index (χ4n) is 1.69. The summed E-state index contributed by atoms with van der Waals surface area (Å²) >= 11 is 2.05. The van der Waals surface area contributed by atoms with Crippen LogP contribution < -0.4 is 8.85 Å². The number of rotatable bonds is 4. The molecule has 0 saturated carbocycles. The number of nitrogens with zero attached hydrogens (tertiary/aromatic N) is 3. The Morgan fingerprint density at radius 1 is 1.28 bits per heavy atom. The summed E-state index contributed by atoms with van der Waals surface area (Å²) in [4.78, 5) is 11.5. The molecule has 1 aromatic carbocycles. The molecule has 0 aliphatic heterocycles. The number of nitrogens with one attached hydrogen (secondary N) is 4. The first-order valence-electron chi connectivity index (χ1n) is 5.29. The second-order valence-electron chi connectivity index (χ2n) is 3.72. The van der Waals surface area contributed by atoms with Gasteiger partial charge in [0.05, 0.1) is 33.9 Å². The van der Waals surface area contributed by atoms with Gasteiger partial charge in [0.1, 0.15) is 6.33 Å². The molecule has 92 valence electrons. The quantitative estimate of drug-likeness (QED) is 0.425. The third-order valence-electron chi connectivity index (χ3n) is 2.51. The second kappa shape index (κ2) is 4.80. The smallest absolute Gasteiger partial charge is 0.218 e. The first kappa shape index (κ1) is 11.3. The lowest BCUT2D eigenvalue weighted by molar-refractivity contribution is 1.04. The summed E-state index contributed by atoms with van der Waals surface area (Å²) in [5.41, 5.74) is 3.09. The number of fused-ring (bicyclic) bond motifs is 1. The van der Waals surface area contributed by atoms with E-state index in [1.165, 1.54) is 6.33 Å². The van der Waals surface area contributed by atoms with Gasteiger partial charge in [-0.05, 0) is 17.7 Å². The van der Waals surface area contributed by atoms with Gasteiger partial charge in [0.25, 0.3) is 0 Å². The Kier molecular flexibility index (Phi) is 3.00. The van der Waals surface area contributed by atoms with Crippen molar-refractivity contribution in [3.63, 3.8) is 0 Å². The molecule has 0 saturated heterocycles. The van der Waals surface area contributed by atoms with Crippen LogP contribution in [-0.4, -0.2) is 25.1 Å². The molecule has 2 aromatic heterocycles. The molecule has 3 rings (SSSR count). The molecule has 3 aromatic rings. The molecule has 0 radical (unpaired) electrons.